The van der Waals surface area contributed by atoms with Crippen molar-refractivity contribution in [3.05, 3.63) is 53.2 Å². The highest BCUT2D eigenvalue weighted by atomic mass is 19.4. The fourth-order valence-electron chi connectivity index (χ4n) is 1.94. The molecule has 1 aromatic carbocycles. The zero-order chi connectivity index (χ0) is 18.5. The fourth-order valence-corrected chi connectivity index (χ4v) is 1.94. The zero-order valence-electron chi connectivity index (χ0n) is 13.3. The summed E-state index contributed by atoms with van der Waals surface area (Å²) in [6.45, 7) is 5.40. The second-order valence-electron chi connectivity index (χ2n) is 4.79. The Balaban J connectivity index is 3.14. The second kappa shape index (κ2) is 7.67. The van der Waals surface area contributed by atoms with Crippen LogP contribution in [0.5, 0.6) is 0 Å². The van der Waals surface area contributed by atoms with Crippen LogP contribution < -0.4 is 11.1 Å². The average molecular weight is 341 g/mol. The molecule has 0 atom stereocenters. The standard InChI is InChI=1S/C16H18F3N3O2/c1-4-12(14(20)21)13(15(23)24-3)22-9(2)10-5-7-11(8-6-10)16(17,18)19/h5-8,22H,2,4H2,1,3H3,(H3,20,21). The van der Waals surface area contributed by atoms with Crippen LogP contribution in [-0.2, 0) is 15.7 Å². The fraction of sp³-hybridized carbons (Fsp3) is 0.250. The first-order valence-electron chi connectivity index (χ1n) is 6.91. The summed E-state index contributed by atoms with van der Waals surface area (Å²) in [5.74, 6) is -1.07. The Bertz CT molecular complexity index is 677. The maximum Gasteiger partial charge on any atom is 0.416 e. The van der Waals surface area contributed by atoms with Crippen LogP contribution in [0.4, 0.5) is 13.2 Å². The number of carbonyl (C=O) groups is 1. The van der Waals surface area contributed by atoms with Crippen LogP contribution in [-0.4, -0.2) is 18.9 Å². The number of esters is 1. The highest BCUT2D eigenvalue weighted by molar-refractivity contribution is 6.03. The van der Waals surface area contributed by atoms with Gasteiger partial charge >= 0.3 is 12.1 Å². The summed E-state index contributed by atoms with van der Waals surface area (Å²) in [7, 11) is 1.16. The van der Waals surface area contributed by atoms with Crippen LogP contribution in [0.3, 0.4) is 0 Å². The van der Waals surface area contributed by atoms with Crippen molar-refractivity contribution in [2.45, 2.75) is 19.5 Å². The van der Waals surface area contributed by atoms with E-state index in [0.717, 1.165) is 19.2 Å². The van der Waals surface area contributed by atoms with Gasteiger partial charge in [0.1, 0.15) is 11.5 Å². The molecule has 0 saturated carbocycles. The van der Waals surface area contributed by atoms with Crippen molar-refractivity contribution in [1.29, 1.82) is 5.41 Å². The molecule has 0 aromatic heterocycles. The van der Waals surface area contributed by atoms with Gasteiger partial charge in [-0.05, 0) is 24.1 Å². The van der Waals surface area contributed by atoms with E-state index in [1.54, 1.807) is 6.92 Å². The number of methoxy groups -OCH3 is 1. The van der Waals surface area contributed by atoms with Gasteiger partial charge < -0.3 is 15.8 Å². The van der Waals surface area contributed by atoms with Gasteiger partial charge in [0.2, 0.25) is 0 Å². The molecule has 1 rings (SSSR count). The number of benzene rings is 1. The lowest BCUT2D eigenvalue weighted by molar-refractivity contribution is -0.138. The molecular formula is C16H18F3N3O2. The molecule has 0 aliphatic rings. The van der Waals surface area contributed by atoms with Crippen molar-refractivity contribution < 1.29 is 22.7 Å². The molecule has 1 aromatic rings. The number of nitrogens with one attached hydrogen (secondary N) is 2. The smallest absolute Gasteiger partial charge is 0.416 e. The number of hydrogen-bond acceptors (Lipinski definition) is 4. The van der Waals surface area contributed by atoms with Gasteiger partial charge in [0, 0.05) is 11.3 Å². The first-order chi connectivity index (χ1) is 11.1. The normalized spacial score (nSPS) is 12.2. The second-order valence-corrected chi connectivity index (χ2v) is 4.79. The van der Waals surface area contributed by atoms with Crippen LogP contribution in [0.2, 0.25) is 0 Å². The Morgan fingerprint density at radius 1 is 1.33 bits per heavy atom. The molecule has 8 heteroatoms. The Kier molecular flexibility index (Phi) is 6.16. The number of ether oxygens (including phenoxy) is 1. The van der Waals surface area contributed by atoms with Crippen LogP contribution in [0, 0.1) is 5.41 Å². The van der Waals surface area contributed by atoms with Gasteiger partial charge in [-0.1, -0.05) is 25.6 Å². The lowest BCUT2D eigenvalue weighted by Crippen LogP contribution is -2.27. The number of alkyl halides is 3. The molecule has 0 heterocycles. The molecule has 0 radical (unpaired) electrons. The first-order valence-corrected chi connectivity index (χ1v) is 6.91. The van der Waals surface area contributed by atoms with Gasteiger partial charge in [0.15, 0.2) is 0 Å². The third-order valence-electron chi connectivity index (χ3n) is 3.21. The summed E-state index contributed by atoms with van der Waals surface area (Å²) in [4.78, 5) is 11.9. The monoisotopic (exact) mass is 341 g/mol. The minimum absolute atomic E-state index is 0.0719. The minimum atomic E-state index is -4.44. The lowest BCUT2D eigenvalue weighted by atomic mass is 10.1. The summed E-state index contributed by atoms with van der Waals surface area (Å²) in [6, 6.07) is 4.28. The summed E-state index contributed by atoms with van der Waals surface area (Å²) < 4.78 is 42.4. The highest BCUT2D eigenvalue weighted by Crippen LogP contribution is 2.29. The number of amidine groups is 1. The Hall–Kier alpha value is -2.77. The van der Waals surface area contributed by atoms with E-state index in [2.05, 4.69) is 16.6 Å². The molecule has 0 unspecified atom stereocenters. The topological polar surface area (TPSA) is 88.2 Å². The largest absolute Gasteiger partial charge is 0.464 e. The van der Waals surface area contributed by atoms with Crippen molar-refractivity contribution in [2.24, 2.45) is 5.73 Å². The molecule has 0 aliphatic heterocycles. The molecule has 0 fully saturated rings. The quantitative estimate of drug-likeness (QED) is 0.321. The highest BCUT2D eigenvalue weighted by Gasteiger charge is 2.30. The summed E-state index contributed by atoms with van der Waals surface area (Å²) in [6.07, 6.45) is -4.15. The van der Waals surface area contributed by atoms with Crippen molar-refractivity contribution in [3.8, 4) is 0 Å². The molecular weight excluding hydrogens is 323 g/mol. The zero-order valence-corrected chi connectivity index (χ0v) is 13.3. The molecule has 4 N–H and O–H groups in total. The summed E-state index contributed by atoms with van der Waals surface area (Å²) in [5.41, 5.74) is 5.33. The SMILES string of the molecule is C=C(NC(C(=O)OC)=C(CC)C(=N)N)c1ccc(C(F)(F)F)cc1. The van der Waals surface area contributed by atoms with Crippen LogP contribution in [0.15, 0.2) is 42.1 Å². The molecule has 0 saturated heterocycles. The number of hydrogen-bond donors (Lipinski definition) is 3. The number of carbonyl (C=O) groups excluding carboxylic acids is 1. The van der Waals surface area contributed by atoms with Gasteiger partial charge in [0.05, 0.1) is 12.7 Å². The molecule has 5 nitrogen and oxygen atoms in total. The van der Waals surface area contributed by atoms with Gasteiger partial charge in [-0.3, -0.25) is 5.41 Å². The van der Waals surface area contributed by atoms with Gasteiger partial charge in [0.25, 0.3) is 0 Å². The van der Waals surface area contributed by atoms with E-state index < -0.39 is 17.7 Å². The van der Waals surface area contributed by atoms with E-state index >= 15 is 0 Å². The third-order valence-corrected chi connectivity index (χ3v) is 3.21. The van der Waals surface area contributed by atoms with E-state index in [0.29, 0.717) is 5.56 Å². The van der Waals surface area contributed by atoms with Gasteiger partial charge in [-0.15, -0.1) is 0 Å². The molecule has 130 valence electrons. The van der Waals surface area contributed by atoms with E-state index in [1.807, 2.05) is 0 Å². The molecule has 0 spiro atoms. The lowest BCUT2D eigenvalue weighted by Gasteiger charge is -2.16. The number of rotatable bonds is 6. The number of halogens is 3. The van der Waals surface area contributed by atoms with E-state index in [-0.39, 0.29) is 29.2 Å². The van der Waals surface area contributed by atoms with Gasteiger partial charge in [-0.25, -0.2) is 4.79 Å². The van der Waals surface area contributed by atoms with E-state index in [9.17, 15) is 18.0 Å². The Labute approximate surface area is 137 Å². The predicted octanol–water partition coefficient (Wildman–Crippen LogP) is 3.04. The predicted molar refractivity (Wildman–Crippen MR) is 84.9 cm³/mol. The average Bonchev–Trinajstić information content (AvgIpc) is 2.52. The van der Waals surface area contributed by atoms with Crippen LogP contribution in [0.25, 0.3) is 5.70 Å². The van der Waals surface area contributed by atoms with Crippen LogP contribution >= 0.6 is 0 Å². The van der Waals surface area contributed by atoms with Crippen molar-refractivity contribution in [1.82, 2.24) is 5.32 Å². The number of nitrogens with two attached hydrogens (primary N) is 1. The van der Waals surface area contributed by atoms with E-state index in [1.165, 1.54) is 12.1 Å². The van der Waals surface area contributed by atoms with Gasteiger partial charge in [-0.2, -0.15) is 13.2 Å². The van der Waals surface area contributed by atoms with Crippen molar-refractivity contribution in [3.63, 3.8) is 0 Å². The maximum absolute atomic E-state index is 12.6. The maximum atomic E-state index is 12.6. The molecule has 0 bridgehead atoms. The molecule has 0 aliphatic carbocycles. The summed E-state index contributed by atoms with van der Waals surface area (Å²) in [5, 5.41) is 10.2. The van der Waals surface area contributed by atoms with Crippen molar-refractivity contribution in [2.75, 3.05) is 7.11 Å². The van der Waals surface area contributed by atoms with Crippen molar-refractivity contribution >= 4 is 17.5 Å². The Morgan fingerprint density at radius 2 is 1.88 bits per heavy atom. The first kappa shape index (κ1) is 19.3. The summed E-state index contributed by atoms with van der Waals surface area (Å²) >= 11 is 0. The minimum Gasteiger partial charge on any atom is -0.464 e. The van der Waals surface area contributed by atoms with E-state index in [4.69, 9.17) is 11.1 Å². The third kappa shape index (κ3) is 4.61. The van der Waals surface area contributed by atoms with Crippen LogP contribution in [0.1, 0.15) is 24.5 Å². The molecule has 0 amide bonds. The molecule has 24 heavy (non-hydrogen) atoms. The Morgan fingerprint density at radius 3 is 2.25 bits per heavy atom.